The summed E-state index contributed by atoms with van der Waals surface area (Å²) in [6, 6.07) is 13.1. The van der Waals surface area contributed by atoms with Gasteiger partial charge in [0, 0.05) is 6.07 Å². The predicted octanol–water partition coefficient (Wildman–Crippen LogP) is 2.88. The maximum Gasteiger partial charge on any atom is 0.339 e. The van der Waals surface area contributed by atoms with Gasteiger partial charge in [0.1, 0.15) is 22.8 Å². The number of ether oxygens (including phenoxy) is 1. The maximum absolute atomic E-state index is 10.3. The Morgan fingerprint density at radius 3 is 2.25 bits per heavy atom. The second-order valence-electron chi connectivity index (χ2n) is 3.75. The van der Waals surface area contributed by atoms with Gasteiger partial charge in [-0.2, -0.15) is 0 Å². The van der Waals surface area contributed by atoms with Gasteiger partial charge >= 0.3 is 5.97 Å². The highest BCUT2D eigenvalue weighted by Gasteiger charge is 2.08. The van der Waals surface area contributed by atoms with Crippen LogP contribution >= 0.6 is 0 Å². The van der Waals surface area contributed by atoms with E-state index in [-0.39, 0.29) is 11.3 Å². The predicted molar refractivity (Wildman–Crippen MR) is 74.3 cm³/mol. The molecule has 20 heavy (non-hydrogen) atoms. The van der Waals surface area contributed by atoms with Crippen molar-refractivity contribution in [3.63, 3.8) is 0 Å². The molecule has 0 spiro atoms. The van der Waals surface area contributed by atoms with Crippen LogP contribution in [-0.2, 0) is 0 Å². The topological polar surface area (TPSA) is 87.0 Å². The number of rotatable bonds is 3. The van der Waals surface area contributed by atoms with Crippen LogP contribution in [0.1, 0.15) is 17.3 Å². The summed E-state index contributed by atoms with van der Waals surface area (Å²) in [5.74, 6) is -0.868. The first-order valence-corrected chi connectivity index (χ1v) is 5.97. The number of carboxylic acids is 1. The summed E-state index contributed by atoms with van der Waals surface area (Å²) >= 11 is 0. The number of phenols is 2. The van der Waals surface area contributed by atoms with Crippen LogP contribution < -0.4 is 4.74 Å². The molecule has 2 rings (SSSR count). The van der Waals surface area contributed by atoms with Crippen LogP contribution in [-0.4, -0.2) is 27.9 Å². The molecule has 5 nitrogen and oxygen atoms in total. The first kappa shape index (κ1) is 15.4. The molecule has 0 unspecified atom stereocenters. The molecule has 0 heterocycles. The van der Waals surface area contributed by atoms with E-state index >= 15 is 0 Å². The summed E-state index contributed by atoms with van der Waals surface area (Å²) in [5, 5.41) is 26.1. The number of carboxylic acid groups (broad SMARTS) is 1. The van der Waals surface area contributed by atoms with Crippen molar-refractivity contribution in [2.75, 3.05) is 6.61 Å². The van der Waals surface area contributed by atoms with Gasteiger partial charge in [-0.1, -0.05) is 18.2 Å². The van der Waals surface area contributed by atoms with Crippen molar-refractivity contribution in [1.82, 2.24) is 0 Å². The molecule has 0 aliphatic rings. The number of phenolic OH excluding ortho intramolecular Hbond substituents is 1. The lowest BCUT2D eigenvalue weighted by Gasteiger charge is -1.99. The van der Waals surface area contributed by atoms with Crippen LogP contribution in [0, 0.1) is 0 Å². The van der Waals surface area contributed by atoms with Crippen molar-refractivity contribution in [3.8, 4) is 17.2 Å². The highest BCUT2D eigenvalue weighted by molar-refractivity contribution is 5.90. The van der Waals surface area contributed by atoms with Gasteiger partial charge in [-0.25, -0.2) is 4.79 Å². The highest BCUT2D eigenvalue weighted by atomic mass is 16.5. The van der Waals surface area contributed by atoms with Crippen LogP contribution in [0.25, 0.3) is 0 Å². The van der Waals surface area contributed by atoms with Gasteiger partial charge in [0.05, 0.1) is 6.61 Å². The van der Waals surface area contributed by atoms with Crippen molar-refractivity contribution >= 4 is 5.97 Å². The van der Waals surface area contributed by atoms with Gasteiger partial charge in [-0.15, -0.1) is 0 Å². The summed E-state index contributed by atoms with van der Waals surface area (Å²) in [6.45, 7) is 2.72. The van der Waals surface area contributed by atoms with Crippen LogP contribution in [0.2, 0.25) is 0 Å². The van der Waals surface area contributed by atoms with E-state index in [1.807, 2.05) is 37.3 Å². The van der Waals surface area contributed by atoms with E-state index in [4.69, 9.17) is 20.1 Å². The summed E-state index contributed by atoms with van der Waals surface area (Å²) in [4.78, 5) is 10.3. The van der Waals surface area contributed by atoms with Crippen molar-refractivity contribution < 1.29 is 24.9 Å². The normalized spacial score (nSPS) is 9.25. The van der Waals surface area contributed by atoms with Crippen LogP contribution in [0.15, 0.2) is 48.5 Å². The molecule has 0 fully saturated rings. The van der Waals surface area contributed by atoms with Gasteiger partial charge in [0.2, 0.25) is 0 Å². The molecule has 2 aromatic rings. The second-order valence-corrected chi connectivity index (χ2v) is 3.75. The lowest BCUT2D eigenvalue weighted by atomic mass is 10.2. The van der Waals surface area contributed by atoms with E-state index in [1.54, 1.807) is 0 Å². The number of aromatic hydroxyl groups is 2. The maximum atomic E-state index is 10.3. The first-order valence-electron chi connectivity index (χ1n) is 5.97. The zero-order valence-corrected chi connectivity index (χ0v) is 11.0. The smallest absolute Gasteiger partial charge is 0.339 e. The number of benzene rings is 2. The van der Waals surface area contributed by atoms with Crippen LogP contribution in [0.5, 0.6) is 17.2 Å². The van der Waals surface area contributed by atoms with Gasteiger partial charge < -0.3 is 20.1 Å². The molecule has 0 atom stereocenters. The number of aromatic carboxylic acids is 1. The Hall–Kier alpha value is -2.69. The van der Waals surface area contributed by atoms with E-state index in [2.05, 4.69) is 0 Å². The molecule has 3 N–H and O–H groups in total. The standard InChI is InChI=1S/C8H10O.C7H6O4/c1-2-9-8-6-4-3-5-7-8;8-4-1-2-5(7(10)11)6(9)3-4/h3-7H,2H2,1H3;1-3,8-9H,(H,10,11). The SMILES string of the molecule is CCOc1ccccc1.O=C(O)c1ccc(O)cc1O. The van der Waals surface area contributed by atoms with Gasteiger partial charge in [0.25, 0.3) is 0 Å². The monoisotopic (exact) mass is 276 g/mol. The average Bonchev–Trinajstić information content (AvgIpc) is 2.40. The molecule has 0 bridgehead atoms. The van der Waals surface area contributed by atoms with Gasteiger partial charge in [-0.05, 0) is 31.2 Å². The molecule has 0 aromatic heterocycles. The lowest BCUT2D eigenvalue weighted by Crippen LogP contribution is -1.95. The second kappa shape index (κ2) is 7.68. The minimum Gasteiger partial charge on any atom is -0.508 e. The molecule has 0 aliphatic carbocycles. The van der Waals surface area contributed by atoms with E-state index < -0.39 is 11.7 Å². The first-order chi connectivity index (χ1) is 9.54. The van der Waals surface area contributed by atoms with Crippen molar-refractivity contribution in [2.24, 2.45) is 0 Å². The van der Waals surface area contributed by atoms with Crippen molar-refractivity contribution in [2.45, 2.75) is 6.92 Å². The van der Waals surface area contributed by atoms with E-state index in [0.717, 1.165) is 24.5 Å². The average molecular weight is 276 g/mol. The molecule has 0 saturated heterocycles. The van der Waals surface area contributed by atoms with Crippen LogP contribution in [0.3, 0.4) is 0 Å². The van der Waals surface area contributed by atoms with E-state index in [9.17, 15) is 4.79 Å². The Morgan fingerprint density at radius 2 is 1.75 bits per heavy atom. The number of para-hydroxylation sites is 1. The van der Waals surface area contributed by atoms with Gasteiger partial charge in [0.15, 0.2) is 0 Å². The Morgan fingerprint density at radius 1 is 1.10 bits per heavy atom. The largest absolute Gasteiger partial charge is 0.508 e. The minimum absolute atomic E-state index is 0.160. The Balaban J connectivity index is 0.000000204. The summed E-state index contributed by atoms with van der Waals surface area (Å²) in [5.41, 5.74) is -0.220. The quantitative estimate of drug-likeness (QED) is 0.802. The highest BCUT2D eigenvalue weighted by Crippen LogP contribution is 2.21. The molecule has 0 saturated carbocycles. The third kappa shape index (κ3) is 4.89. The van der Waals surface area contributed by atoms with Crippen molar-refractivity contribution in [1.29, 1.82) is 0 Å². The third-order valence-electron chi connectivity index (χ3n) is 2.27. The molecule has 5 heteroatoms. The number of hydrogen-bond donors (Lipinski definition) is 3. The third-order valence-corrected chi connectivity index (χ3v) is 2.27. The Kier molecular flexibility index (Phi) is 5.90. The Bertz CT molecular complexity index is 551. The molecular weight excluding hydrogens is 260 g/mol. The lowest BCUT2D eigenvalue weighted by molar-refractivity contribution is 0.0693. The van der Waals surface area contributed by atoms with Gasteiger partial charge in [-0.3, -0.25) is 0 Å². The van der Waals surface area contributed by atoms with Crippen LogP contribution in [0.4, 0.5) is 0 Å². The molecule has 0 radical (unpaired) electrons. The van der Waals surface area contributed by atoms with E-state index in [0.29, 0.717) is 0 Å². The van der Waals surface area contributed by atoms with E-state index in [1.165, 1.54) is 6.07 Å². The summed E-state index contributed by atoms with van der Waals surface area (Å²) in [6.07, 6.45) is 0. The Labute approximate surface area is 116 Å². The minimum atomic E-state index is -1.22. The molecule has 2 aromatic carbocycles. The molecule has 106 valence electrons. The van der Waals surface area contributed by atoms with Crippen molar-refractivity contribution in [3.05, 3.63) is 54.1 Å². The molecular formula is C15H16O5. The molecule has 0 aliphatic heterocycles. The zero-order chi connectivity index (χ0) is 15.0. The number of carbonyl (C=O) groups is 1. The summed E-state index contributed by atoms with van der Waals surface area (Å²) < 4.78 is 5.21. The number of hydrogen-bond acceptors (Lipinski definition) is 4. The fourth-order valence-electron chi connectivity index (χ4n) is 1.38. The fourth-order valence-corrected chi connectivity index (χ4v) is 1.38. The molecule has 0 amide bonds. The zero-order valence-electron chi connectivity index (χ0n) is 11.0. The fraction of sp³-hybridized carbons (Fsp3) is 0.133. The summed E-state index contributed by atoms with van der Waals surface area (Å²) in [7, 11) is 0.